The highest BCUT2D eigenvalue weighted by atomic mass is 32.2. The smallest absolute Gasteiger partial charge is 0.243 e. The molecule has 0 atom stereocenters. The molecule has 114 valence electrons. The van der Waals surface area contributed by atoms with E-state index in [1.54, 1.807) is 12.1 Å². The number of aldehydes is 1. The van der Waals surface area contributed by atoms with Gasteiger partial charge in [0, 0.05) is 31.6 Å². The van der Waals surface area contributed by atoms with E-state index >= 15 is 0 Å². The number of piperidine rings is 1. The summed E-state index contributed by atoms with van der Waals surface area (Å²) in [5, 5.41) is 2.59. The second-order valence-electron chi connectivity index (χ2n) is 5.08. The van der Waals surface area contributed by atoms with Gasteiger partial charge in [0.2, 0.25) is 15.9 Å². The third kappa shape index (κ3) is 3.68. The summed E-state index contributed by atoms with van der Waals surface area (Å²) >= 11 is 0. The van der Waals surface area contributed by atoms with Crippen LogP contribution in [0.1, 0.15) is 19.8 Å². The number of benzene rings is 1. The molecule has 6 nitrogen and oxygen atoms in total. The molecular weight excluding hydrogens is 292 g/mol. The largest absolute Gasteiger partial charge is 0.326 e. The van der Waals surface area contributed by atoms with Crippen LogP contribution < -0.4 is 5.32 Å². The quantitative estimate of drug-likeness (QED) is 0.848. The first-order valence-electron chi connectivity index (χ1n) is 6.76. The van der Waals surface area contributed by atoms with Gasteiger partial charge in [0.15, 0.2) is 0 Å². The van der Waals surface area contributed by atoms with E-state index in [-0.39, 0.29) is 16.7 Å². The number of carbonyl (C=O) groups excluding carboxylic acids is 2. The van der Waals surface area contributed by atoms with Crippen LogP contribution in [0.5, 0.6) is 0 Å². The van der Waals surface area contributed by atoms with Crippen LogP contribution in [-0.2, 0) is 19.6 Å². The third-order valence-corrected chi connectivity index (χ3v) is 5.42. The lowest BCUT2D eigenvalue weighted by molar-refractivity contribution is -0.114. The van der Waals surface area contributed by atoms with Crippen LogP contribution in [0.25, 0.3) is 0 Å². The highest BCUT2D eigenvalue weighted by Crippen LogP contribution is 2.23. The summed E-state index contributed by atoms with van der Waals surface area (Å²) in [5.74, 6) is -0.250. The Morgan fingerprint density at radius 3 is 2.29 bits per heavy atom. The molecule has 1 heterocycles. The van der Waals surface area contributed by atoms with Crippen molar-refractivity contribution in [2.75, 3.05) is 18.4 Å². The van der Waals surface area contributed by atoms with E-state index in [0.29, 0.717) is 31.6 Å². The Morgan fingerprint density at radius 1 is 1.24 bits per heavy atom. The Kier molecular flexibility index (Phi) is 4.74. The zero-order valence-electron chi connectivity index (χ0n) is 11.8. The fourth-order valence-electron chi connectivity index (χ4n) is 2.31. The van der Waals surface area contributed by atoms with Gasteiger partial charge in [-0.15, -0.1) is 0 Å². The van der Waals surface area contributed by atoms with Crippen molar-refractivity contribution in [3.05, 3.63) is 24.3 Å². The van der Waals surface area contributed by atoms with Crippen molar-refractivity contribution in [3.63, 3.8) is 0 Å². The standard InChI is InChI=1S/C14H18N2O4S/c1-11(18)15-13-2-4-14(5-3-13)21(19,20)16-8-6-12(10-17)7-9-16/h2-5,10,12H,6-9H2,1H3,(H,15,18). The summed E-state index contributed by atoms with van der Waals surface area (Å²) in [6, 6.07) is 6.08. The first-order valence-corrected chi connectivity index (χ1v) is 8.20. The van der Waals surface area contributed by atoms with Crippen LogP contribution in [0.3, 0.4) is 0 Å². The van der Waals surface area contributed by atoms with Gasteiger partial charge in [0.25, 0.3) is 0 Å². The molecule has 1 saturated heterocycles. The first kappa shape index (κ1) is 15.7. The second kappa shape index (κ2) is 6.36. The van der Waals surface area contributed by atoms with Gasteiger partial charge in [-0.25, -0.2) is 8.42 Å². The molecule has 1 aliphatic rings. The van der Waals surface area contributed by atoms with Crippen LogP contribution in [-0.4, -0.2) is 38.0 Å². The number of amides is 1. The Bertz CT molecular complexity index is 617. The molecule has 0 aromatic heterocycles. The number of nitrogens with zero attached hydrogens (tertiary/aromatic N) is 1. The fourth-order valence-corrected chi connectivity index (χ4v) is 3.78. The Balaban J connectivity index is 2.12. The van der Waals surface area contributed by atoms with Crippen molar-refractivity contribution in [3.8, 4) is 0 Å². The molecule has 2 rings (SSSR count). The maximum Gasteiger partial charge on any atom is 0.243 e. The van der Waals surface area contributed by atoms with Crippen LogP contribution >= 0.6 is 0 Å². The summed E-state index contributed by atoms with van der Waals surface area (Å²) in [6.07, 6.45) is 2.02. The number of hydrogen-bond acceptors (Lipinski definition) is 4. The van der Waals surface area contributed by atoms with Crippen molar-refractivity contribution in [2.45, 2.75) is 24.7 Å². The molecule has 1 aromatic carbocycles. The van der Waals surface area contributed by atoms with Crippen molar-refractivity contribution < 1.29 is 18.0 Å². The molecular formula is C14H18N2O4S. The minimum Gasteiger partial charge on any atom is -0.326 e. The predicted octanol–water partition coefficient (Wildman–Crippen LogP) is 1.24. The molecule has 0 unspecified atom stereocenters. The minimum atomic E-state index is -3.53. The Hall–Kier alpha value is -1.73. The lowest BCUT2D eigenvalue weighted by Gasteiger charge is -2.28. The molecule has 1 aliphatic heterocycles. The van der Waals surface area contributed by atoms with Gasteiger partial charge in [0.1, 0.15) is 6.29 Å². The van der Waals surface area contributed by atoms with E-state index in [0.717, 1.165) is 6.29 Å². The second-order valence-corrected chi connectivity index (χ2v) is 7.02. The monoisotopic (exact) mass is 310 g/mol. The first-order chi connectivity index (χ1) is 9.93. The van der Waals surface area contributed by atoms with Crippen molar-refractivity contribution in [2.24, 2.45) is 5.92 Å². The number of anilines is 1. The van der Waals surface area contributed by atoms with Crippen molar-refractivity contribution >= 4 is 27.9 Å². The Labute approximate surface area is 124 Å². The lowest BCUT2D eigenvalue weighted by Crippen LogP contribution is -2.38. The van der Waals surface area contributed by atoms with E-state index < -0.39 is 10.0 Å². The maximum absolute atomic E-state index is 12.5. The zero-order valence-corrected chi connectivity index (χ0v) is 12.6. The van der Waals surface area contributed by atoms with E-state index in [1.165, 1.54) is 23.4 Å². The summed E-state index contributed by atoms with van der Waals surface area (Å²) < 4.78 is 26.3. The van der Waals surface area contributed by atoms with Crippen molar-refractivity contribution in [1.82, 2.24) is 4.31 Å². The SMILES string of the molecule is CC(=O)Nc1ccc(S(=O)(=O)N2CCC(C=O)CC2)cc1. The van der Waals surface area contributed by atoms with Crippen LogP contribution in [0.15, 0.2) is 29.2 Å². The number of nitrogens with one attached hydrogen (secondary N) is 1. The zero-order chi connectivity index (χ0) is 15.5. The molecule has 0 radical (unpaired) electrons. The van der Waals surface area contributed by atoms with E-state index in [9.17, 15) is 18.0 Å². The minimum absolute atomic E-state index is 0.0430. The van der Waals surface area contributed by atoms with Crippen molar-refractivity contribution in [1.29, 1.82) is 0 Å². The molecule has 0 saturated carbocycles. The topological polar surface area (TPSA) is 83.6 Å². The Morgan fingerprint density at radius 2 is 1.81 bits per heavy atom. The highest BCUT2D eigenvalue weighted by Gasteiger charge is 2.29. The van der Waals surface area contributed by atoms with E-state index in [1.807, 2.05) is 0 Å². The predicted molar refractivity (Wildman–Crippen MR) is 78.3 cm³/mol. The molecule has 0 bridgehead atoms. The van der Waals surface area contributed by atoms with Gasteiger partial charge in [-0.3, -0.25) is 4.79 Å². The third-order valence-electron chi connectivity index (χ3n) is 3.50. The van der Waals surface area contributed by atoms with Gasteiger partial charge in [0.05, 0.1) is 4.90 Å². The number of sulfonamides is 1. The van der Waals surface area contributed by atoms with E-state index in [2.05, 4.69) is 5.32 Å². The van der Waals surface area contributed by atoms with Gasteiger partial charge < -0.3 is 10.1 Å². The lowest BCUT2D eigenvalue weighted by atomic mass is 10.0. The summed E-state index contributed by atoms with van der Waals surface area (Å²) in [7, 11) is -3.53. The molecule has 0 aliphatic carbocycles. The molecule has 1 N–H and O–H groups in total. The molecule has 21 heavy (non-hydrogen) atoms. The van der Waals surface area contributed by atoms with Gasteiger partial charge in [-0.1, -0.05) is 0 Å². The van der Waals surface area contributed by atoms with Gasteiger partial charge in [-0.2, -0.15) is 4.31 Å². The summed E-state index contributed by atoms with van der Waals surface area (Å²) in [5.41, 5.74) is 0.557. The summed E-state index contributed by atoms with van der Waals surface area (Å²) in [4.78, 5) is 21.8. The van der Waals surface area contributed by atoms with Crippen LogP contribution in [0, 0.1) is 5.92 Å². The average molecular weight is 310 g/mol. The number of carbonyl (C=O) groups is 2. The van der Waals surface area contributed by atoms with Crippen LogP contribution in [0.2, 0.25) is 0 Å². The summed E-state index contributed by atoms with van der Waals surface area (Å²) in [6.45, 7) is 2.11. The van der Waals surface area contributed by atoms with Crippen LogP contribution in [0.4, 0.5) is 5.69 Å². The fraction of sp³-hybridized carbons (Fsp3) is 0.429. The molecule has 0 spiro atoms. The van der Waals surface area contributed by atoms with Gasteiger partial charge in [-0.05, 0) is 37.1 Å². The molecule has 1 aromatic rings. The maximum atomic E-state index is 12.5. The number of rotatable bonds is 4. The molecule has 1 amide bonds. The normalized spacial score (nSPS) is 17.4. The van der Waals surface area contributed by atoms with E-state index in [4.69, 9.17) is 0 Å². The highest BCUT2D eigenvalue weighted by molar-refractivity contribution is 7.89. The van der Waals surface area contributed by atoms with Gasteiger partial charge >= 0.3 is 0 Å². The average Bonchev–Trinajstić information content (AvgIpc) is 2.47. The molecule has 1 fully saturated rings. The number of hydrogen-bond donors (Lipinski definition) is 1. The molecule has 7 heteroatoms.